The van der Waals surface area contributed by atoms with Gasteiger partial charge in [-0.15, -0.1) is 0 Å². The predicted octanol–water partition coefficient (Wildman–Crippen LogP) is 3.07. The van der Waals surface area contributed by atoms with Crippen LogP contribution in [-0.4, -0.2) is 49.2 Å². The first-order chi connectivity index (χ1) is 12.7. The summed E-state index contributed by atoms with van der Waals surface area (Å²) in [6, 6.07) is 13.7. The van der Waals surface area contributed by atoms with Crippen LogP contribution in [0.25, 0.3) is 0 Å². The molecule has 1 aromatic carbocycles. The van der Waals surface area contributed by atoms with Crippen LogP contribution in [0, 0.1) is 0 Å². The van der Waals surface area contributed by atoms with Gasteiger partial charge in [0.25, 0.3) is 0 Å². The van der Waals surface area contributed by atoms with Crippen molar-refractivity contribution in [2.75, 3.05) is 38.2 Å². The Balaban J connectivity index is 1.56. The number of carbonyl (C=O) groups is 1. The molecule has 1 aliphatic heterocycles. The third-order valence-corrected chi connectivity index (χ3v) is 4.69. The van der Waals surface area contributed by atoms with Crippen molar-refractivity contribution in [2.24, 2.45) is 0 Å². The molecule has 0 bridgehead atoms. The minimum absolute atomic E-state index is 0.0280. The van der Waals surface area contributed by atoms with Crippen LogP contribution in [-0.2, 0) is 0 Å². The van der Waals surface area contributed by atoms with Gasteiger partial charge < -0.3 is 19.9 Å². The summed E-state index contributed by atoms with van der Waals surface area (Å²) < 4.78 is 5.22. The number of ether oxygens (including phenoxy) is 1. The number of anilines is 1. The van der Waals surface area contributed by atoms with E-state index in [2.05, 4.69) is 27.3 Å². The van der Waals surface area contributed by atoms with E-state index in [0.717, 1.165) is 43.2 Å². The molecule has 3 rings (SSSR count). The Morgan fingerprint density at radius 1 is 1.12 bits per heavy atom. The Hall–Kier alpha value is -2.76. The third-order valence-electron chi connectivity index (χ3n) is 4.69. The highest BCUT2D eigenvalue weighted by Gasteiger charge is 2.21. The van der Waals surface area contributed by atoms with Crippen LogP contribution >= 0.6 is 0 Å². The Kier molecular flexibility index (Phi) is 5.94. The summed E-state index contributed by atoms with van der Waals surface area (Å²) >= 11 is 0. The Morgan fingerprint density at radius 3 is 2.62 bits per heavy atom. The number of nitrogens with one attached hydrogen (secondary N) is 1. The van der Waals surface area contributed by atoms with Gasteiger partial charge in [-0.05, 0) is 49.7 Å². The normalized spacial score (nSPS) is 15.9. The van der Waals surface area contributed by atoms with Crippen molar-refractivity contribution in [2.45, 2.75) is 19.4 Å². The second-order valence-corrected chi connectivity index (χ2v) is 6.45. The van der Waals surface area contributed by atoms with Gasteiger partial charge in [0.1, 0.15) is 5.75 Å². The number of rotatable bonds is 4. The number of benzene rings is 1. The predicted molar refractivity (Wildman–Crippen MR) is 103 cm³/mol. The van der Waals surface area contributed by atoms with Crippen molar-refractivity contribution in [3.63, 3.8) is 0 Å². The summed E-state index contributed by atoms with van der Waals surface area (Å²) in [6.45, 7) is 5.17. The minimum Gasteiger partial charge on any atom is -0.497 e. The molecule has 1 aliphatic rings. The molecule has 1 aromatic heterocycles. The fourth-order valence-electron chi connectivity index (χ4n) is 3.15. The first-order valence-electron chi connectivity index (χ1n) is 9.03. The summed E-state index contributed by atoms with van der Waals surface area (Å²) in [4.78, 5) is 21.1. The molecule has 0 spiro atoms. The van der Waals surface area contributed by atoms with E-state index in [-0.39, 0.29) is 12.1 Å². The molecule has 2 heterocycles. The number of urea groups is 1. The molecular formula is C20H26N4O2. The van der Waals surface area contributed by atoms with E-state index >= 15 is 0 Å². The van der Waals surface area contributed by atoms with Crippen LogP contribution in [0.15, 0.2) is 48.7 Å². The number of pyridine rings is 1. The van der Waals surface area contributed by atoms with E-state index < -0.39 is 0 Å². The zero-order valence-electron chi connectivity index (χ0n) is 15.4. The topological polar surface area (TPSA) is 57.7 Å². The number of hydrogen-bond acceptors (Lipinski definition) is 4. The van der Waals surface area contributed by atoms with Crippen molar-refractivity contribution in [1.29, 1.82) is 0 Å². The lowest BCUT2D eigenvalue weighted by Gasteiger charge is -2.25. The van der Waals surface area contributed by atoms with Gasteiger partial charge in [-0.2, -0.15) is 0 Å². The van der Waals surface area contributed by atoms with Gasteiger partial charge in [-0.1, -0.05) is 6.07 Å². The quantitative estimate of drug-likeness (QED) is 0.917. The summed E-state index contributed by atoms with van der Waals surface area (Å²) in [6.07, 6.45) is 2.69. The molecule has 0 unspecified atom stereocenters. The average Bonchev–Trinajstić information content (AvgIpc) is 2.95. The van der Waals surface area contributed by atoms with Crippen molar-refractivity contribution in [1.82, 2.24) is 15.2 Å². The van der Waals surface area contributed by atoms with Gasteiger partial charge in [0.15, 0.2) is 0 Å². The highest BCUT2D eigenvalue weighted by molar-refractivity contribution is 5.74. The van der Waals surface area contributed by atoms with Crippen LogP contribution in [0.2, 0.25) is 0 Å². The molecule has 2 amide bonds. The first-order valence-corrected chi connectivity index (χ1v) is 9.03. The van der Waals surface area contributed by atoms with Gasteiger partial charge in [0, 0.05) is 38.1 Å². The third kappa shape index (κ3) is 4.45. The van der Waals surface area contributed by atoms with Crippen molar-refractivity contribution in [3.8, 4) is 5.75 Å². The zero-order chi connectivity index (χ0) is 18.4. The SMILES string of the molecule is COc1ccc(N2CCCN(C(=O)N[C@H](C)c3ccccn3)CC2)cc1. The van der Waals surface area contributed by atoms with Gasteiger partial charge >= 0.3 is 6.03 Å². The number of methoxy groups -OCH3 is 1. The van der Waals surface area contributed by atoms with Crippen LogP contribution in [0.1, 0.15) is 25.1 Å². The van der Waals surface area contributed by atoms with E-state index in [0.29, 0.717) is 6.54 Å². The second kappa shape index (κ2) is 8.56. The maximum Gasteiger partial charge on any atom is 0.317 e. The van der Waals surface area contributed by atoms with Gasteiger partial charge in [0.05, 0.1) is 18.8 Å². The molecule has 1 N–H and O–H groups in total. The fourth-order valence-corrected chi connectivity index (χ4v) is 3.15. The fraction of sp³-hybridized carbons (Fsp3) is 0.400. The van der Waals surface area contributed by atoms with E-state index in [1.54, 1.807) is 13.3 Å². The van der Waals surface area contributed by atoms with E-state index in [9.17, 15) is 4.79 Å². The number of nitrogens with zero attached hydrogens (tertiary/aromatic N) is 3. The Labute approximate surface area is 154 Å². The largest absolute Gasteiger partial charge is 0.497 e. The van der Waals surface area contributed by atoms with Crippen molar-refractivity contribution in [3.05, 3.63) is 54.4 Å². The molecule has 1 atom stereocenters. The maximum atomic E-state index is 12.6. The lowest BCUT2D eigenvalue weighted by atomic mass is 10.2. The Bertz CT molecular complexity index is 706. The molecule has 26 heavy (non-hydrogen) atoms. The monoisotopic (exact) mass is 354 g/mol. The lowest BCUT2D eigenvalue weighted by molar-refractivity contribution is 0.198. The molecule has 2 aromatic rings. The first kappa shape index (κ1) is 18.0. The number of hydrogen-bond donors (Lipinski definition) is 1. The second-order valence-electron chi connectivity index (χ2n) is 6.45. The summed E-state index contributed by atoms with van der Waals surface area (Å²) in [5.41, 5.74) is 2.03. The van der Waals surface area contributed by atoms with Gasteiger partial charge in [0.2, 0.25) is 0 Å². The number of amides is 2. The molecule has 138 valence electrons. The average molecular weight is 354 g/mol. The molecular weight excluding hydrogens is 328 g/mol. The number of aromatic nitrogens is 1. The molecule has 1 fully saturated rings. The van der Waals surface area contributed by atoms with Crippen LogP contribution in [0.5, 0.6) is 5.75 Å². The van der Waals surface area contributed by atoms with Crippen molar-refractivity contribution < 1.29 is 9.53 Å². The number of carbonyl (C=O) groups excluding carboxylic acids is 1. The summed E-state index contributed by atoms with van der Waals surface area (Å²) in [7, 11) is 1.67. The van der Waals surface area contributed by atoms with Crippen LogP contribution in [0.4, 0.5) is 10.5 Å². The minimum atomic E-state index is -0.107. The molecule has 0 saturated carbocycles. The van der Waals surface area contributed by atoms with Gasteiger partial charge in [-0.3, -0.25) is 4.98 Å². The standard InChI is InChI=1S/C20H26N4O2/c1-16(19-6-3-4-11-21-19)22-20(25)24-13-5-12-23(14-15-24)17-7-9-18(26-2)10-8-17/h3-4,6-11,16H,5,12-15H2,1-2H3,(H,22,25)/t16-/m1/s1. The Morgan fingerprint density at radius 2 is 1.92 bits per heavy atom. The summed E-state index contributed by atoms with van der Waals surface area (Å²) in [5, 5.41) is 3.05. The highest BCUT2D eigenvalue weighted by Crippen LogP contribution is 2.20. The zero-order valence-corrected chi connectivity index (χ0v) is 15.4. The smallest absolute Gasteiger partial charge is 0.317 e. The van der Waals surface area contributed by atoms with Crippen LogP contribution < -0.4 is 15.0 Å². The molecule has 0 radical (unpaired) electrons. The van der Waals surface area contributed by atoms with E-state index in [1.165, 1.54) is 0 Å². The van der Waals surface area contributed by atoms with E-state index in [4.69, 9.17) is 4.74 Å². The molecule has 6 heteroatoms. The lowest BCUT2D eigenvalue weighted by Crippen LogP contribution is -2.43. The summed E-state index contributed by atoms with van der Waals surface area (Å²) in [5.74, 6) is 0.855. The van der Waals surface area contributed by atoms with Crippen LogP contribution in [0.3, 0.4) is 0 Å². The van der Waals surface area contributed by atoms with E-state index in [1.807, 2.05) is 42.2 Å². The maximum absolute atomic E-state index is 12.6. The molecule has 6 nitrogen and oxygen atoms in total. The molecule has 1 saturated heterocycles. The highest BCUT2D eigenvalue weighted by atomic mass is 16.5. The molecule has 0 aliphatic carbocycles. The van der Waals surface area contributed by atoms with Crippen molar-refractivity contribution >= 4 is 11.7 Å². The van der Waals surface area contributed by atoms with Gasteiger partial charge in [-0.25, -0.2) is 4.79 Å².